The molecule has 156 valence electrons. The minimum Gasteiger partial charge on any atom is -0.467 e. The smallest absolute Gasteiger partial charge is 0.339 e. The zero-order valence-corrected chi connectivity index (χ0v) is 18.6. The maximum atomic E-state index is 12.8. The number of methoxy groups -OCH3 is 1. The molecule has 0 saturated carbocycles. The van der Waals surface area contributed by atoms with Gasteiger partial charge in [0, 0.05) is 36.5 Å². The number of likely N-dealkylation sites (N-methyl/N-ethyl adjacent to an activating group) is 1. The molecule has 0 bridgehead atoms. The van der Waals surface area contributed by atoms with Crippen LogP contribution in [0.1, 0.15) is 55.0 Å². The average molecular weight is 397 g/mol. The number of hydrogen-bond acceptors (Lipinski definition) is 5. The van der Waals surface area contributed by atoms with Crippen molar-refractivity contribution in [1.29, 1.82) is 0 Å². The highest BCUT2D eigenvalue weighted by molar-refractivity contribution is 5.83. The van der Waals surface area contributed by atoms with E-state index in [0.717, 1.165) is 47.6 Å². The third-order valence-electron chi connectivity index (χ3n) is 5.26. The molecule has 2 heterocycles. The number of hydrogen-bond donors (Lipinski definition) is 0. The first-order valence-corrected chi connectivity index (χ1v) is 10.1. The molecule has 1 aliphatic heterocycles. The number of aromatic nitrogens is 1. The number of aryl methyl sites for hydroxylation is 2. The molecule has 0 spiro atoms. The summed E-state index contributed by atoms with van der Waals surface area (Å²) in [7, 11) is 3.52. The number of benzene rings is 1. The third-order valence-corrected chi connectivity index (χ3v) is 5.26. The van der Waals surface area contributed by atoms with Crippen LogP contribution in [0, 0.1) is 13.8 Å². The Morgan fingerprint density at radius 2 is 1.83 bits per heavy atom. The van der Waals surface area contributed by atoms with Crippen LogP contribution in [0.5, 0.6) is 0 Å². The largest absolute Gasteiger partial charge is 0.467 e. The second-order valence-corrected chi connectivity index (χ2v) is 8.90. The number of carbonyl (C=O) groups excluding carboxylic acids is 1. The Hall–Kier alpha value is -2.24. The highest BCUT2D eigenvalue weighted by atomic mass is 16.6. The lowest BCUT2D eigenvalue weighted by Crippen LogP contribution is -2.32. The Balaban J connectivity index is 2.31. The van der Waals surface area contributed by atoms with E-state index < -0.39 is 17.7 Å². The Morgan fingerprint density at radius 3 is 2.41 bits per heavy atom. The van der Waals surface area contributed by atoms with Crippen molar-refractivity contribution in [3.63, 3.8) is 0 Å². The fraction of sp³-hybridized carbons (Fsp3) is 0.500. The second-order valence-electron chi connectivity index (χ2n) is 8.90. The predicted octanol–water partition coefficient (Wildman–Crippen LogP) is 4.38. The van der Waals surface area contributed by atoms with Gasteiger partial charge in [-0.05, 0) is 58.4 Å². The second kappa shape index (κ2) is 8.25. The van der Waals surface area contributed by atoms with Gasteiger partial charge in [0.05, 0.1) is 12.7 Å². The van der Waals surface area contributed by atoms with E-state index in [9.17, 15) is 4.79 Å². The minimum atomic E-state index is -0.832. The first-order valence-electron chi connectivity index (χ1n) is 10.1. The maximum absolute atomic E-state index is 12.8. The molecule has 1 aliphatic rings. The minimum absolute atomic E-state index is 0.401. The van der Waals surface area contributed by atoms with Gasteiger partial charge < -0.3 is 14.4 Å². The van der Waals surface area contributed by atoms with Gasteiger partial charge in [-0.3, -0.25) is 4.98 Å². The third kappa shape index (κ3) is 4.68. The van der Waals surface area contributed by atoms with Crippen LogP contribution < -0.4 is 0 Å². The van der Waals surface area contributed by atoms with Crippen LogP contribution in [0.2, 0.25) is 0 Å². The molecule has 5 nitrogen and oxygen atoms in total. The van der Waals surface area contributed by atoms with Gasteiger partial charge in [-0.2, -0.15) is 0 Å². The molecule has 0 amide bonds. The zero-order chi connectivity index (χ0) is 21.3. The lowest BCUT2D eigenvalue weighted by Gasteiger charge is -2.32. The van der Waals surface area contributed by atoms with Crippen LogP contribution in [0.15, 0.2) is 24.3 Å². The monoisotopic (exact) mass is 396 g/mol. The fourth-order valence-electron chi connectivity index (χ4n) is 3.90. The highest BCUT2D eigenvalue weighted by Gasteiger charge is 2.34. The van der Waals surface area contributed by atoms with Gasteiger partial charge >= 0.3 is 5.97 Å². The molecule has 0 fully saturated rings. The summed E-state index contributed by atoms with van der Waals surface area (Å²) in [4.78, 5) is 20.0. The Kier molecular flexibility index (Phi) is 6.11. The van der Waals surface area contributed by atoms with Crippen LogP contribution >= 0.6 is 0 Å². The van der Waals surface area contributed by atoms with Crippen molar-refractivity contribution in [3.05, 3.63) is 52.3 Å². The molecule has 0 saturated heterocycles. The van der Waals surface area contributed by atoms with Crippen molar-refractivity contribution in [2.24, 2.45) is 0 Å². The standard InChI is InChI=1S/C24H32N2O3/c1-15-8-10-17(11-9-15)21-18-14-26(6)13-12-19(18)25-16(2)20(21)22(23(27)28-7)29-24(3,4)5/h8-11,22H,12-14H2,1-7H3. The number of fused-ring (bicyclic) bond motifs is 1. The first kappa shape index (κ1) is 21.5. The lowest BCUT2D eigenvalue weighted by molar-refractivity contribution is -0.164. The number of pyridine rings is 1. The van der Waals surface area contributed by atoms with Gasteiger partial charge in [-0.15, -0.1) is 0 Å². The Bertz CT molecular complexity index is 898. The zero-order valence-electron chi connectivity index (χ0n) is 18.6. The molecule has 0 aliphatic carbocycles. The first-order chi connectivity index (χ1) is 13.6. The van der Waals surface area contributed by atoms with Gasteiger partial charge in [0.1, 0.15) is 0 Å². The molecule has 29 heavy (non-hydrogen) atoms. The van der Waals surface area contributed by atoms with E-state index in [4.69, 9.17) is 14.5 Å². The van der Waals surface area contributed by atoms with E-state index in [-0.39, 0.29) is 0 Å². The van der Waals surface area contributed by atoms with Gasteiger partial charge in [0.15, 0.2) is 6.10 Å². The molecule has 5 heteroatoms. The van der Waals surface area contributed by atoms with Crippen molar-refractivity contribution in [3.8, 4) is 11.1 Å². The van der Waals surface area contributed by atoms with Crippen LogP contribution in [0.25, 0.3) is 11.1 Å². The van der Waals surface area contributed by atoms with Crippen LogP contribution in [0.4, 0.5) is 0 Å². The van der Waals surface area contributed by atoms with Crippen molar-refractivity contribution < 1.29 is 14.3 Å². The van der Waals surface area contributed by atoms with Gasteiger partial charge in [0.2, 0.25) is 0 Å². The van der Waals surface area contributed by atoms with E-state index in [0.29, 0.717) is 0 Å². The summed E-state index contributed by atoms with van der Waals surface area (Å²) in [6.07, 6.45) is 0.0656. The number of ether oxygens (including phenoxy) is 2. The molecule has 1 unspecified atom stereocenters. The van der Waals surface area contributed by atoms with E-state index in [1.165, 1.54) is 18.2 Å². The molecule has 1 aromatic heterocycles. The van der Waals surface area contributed by atoms with Crippen LogP contribution in [0.3, 0.4) is 0 Å². The molecule has 0 radical (unpaired) electrons. The molecule has 2 aromatic rings. The van der Waals surface area contributed by atoms with Crippen molar-refractivity contribution in [1.82, 2.24) is 9.88 Å². The van der Waals surface area contributed by atoms with Gasteiger partial charge in [-0.25, -0.2) is 4.79 Å². The summed E-state index contributed by atoms with van der Waals surface area (Å²) in [6, 6.07) is 8.44. The summed E-state index contributed by atoms with van der Waals surface area (Å²) in [6.45, 7) is 11.7. The highest BCUT2D eigenvalue weighted by Crippen LogP contribution is 2.40. The molecular formula is C24H32N2O3. The number of carbonyl (C=O) groups is 1. The maximum Gasteiger partial charge on any atom is 0.339 e. The molecule has 1 atom stereocenters. The summed E-state index contributed by atoms with van der Waals surface area (Å²) in [5.41, 5.74) is 6.74. The summed E-state index contributed by atoms with van der Waals surface area (Å²) < 4.78 is 11.4. The van der Waals surface area contributed by atoms with Crippen molar-refractivity contribution in [2.75, 3.05) is 20.7 Å². The van der Waals surface area contributed by atoms with Crippen LogP contribution in [-0.4, -0.2) is 42.2 Å². The fourth-order valence-corrected chi connectivity index (χ4v) is 3.90. The van der Waals surface area contributed by atoms with Crippen molar-refractivity contribution in [2.45, 2.75) is 59.3 Å². The quantitative estimate of drug-likeness (QED) is 0.718. The van der Waals surface area contributed by atoms with E-state index >= 15 is 0 Å². The normalized spacial score (nSPS) is 15.7. The number of esters is 1. The van der Waals surface area contributed by atoms with E-state index in [1.54, 1.807) is 0 Å². The SMILES string of the molecule is COC(=O)C(OC(C)(C)C)c1c(C)nc2c(c1-c1ccc(C)cc1)CN(C)CC2. The molecule has 0 N–H and O–H groups in total. The summed E-state index contributed by atoms with van der Waals surface area (Å²) in [5, 5.41) is 0. The van der Waals surface area contributed by atoms with Crippen molar-refractivity contribution >= 4 is 5.97 Å². The Morgan fingerprint density at radius 1 is 1.17 bits per heavy atom. The average Bonchev–Trinajstić information content (AvgIpc) is 2.65. The molecular weight excluding hydrogens is 364 g/mol. The molecule has 3 rings (SSSR count). The van der Waals surface area contributed by atoms with E-state index in [2.05, 4.69) is 43.1 Å². The lowest BCUT2D eigenvalue weighted by atomic mass is 9.87. The topological polar surface area (TPSA) is 51.7 Å². The van der Waals surface area contributed by atoms with Gasteiger partial charge in [-0.1, -0.05) is 29.8 Å². The summed E-state index contributed by atoms with van der Waals surface area (Å²) in [5.74, 6) is -0.401. The van der Waals surface area contributed by atoms with E-state index in [1.807, 2.05) is 27.7 Å². The number of rotatable bonds is 4. The summed E-state index contributed by atoms with van der Waals surface area (Å²) >= 11 is 0. The predicted molar refractivity (Wildman–Crippen MR) is 115 cm³/mol. The van der Waals surface area contributed by atoms with Gasteiger partial charge in [0.25, 0.3) is 0 Å². The Labute approximate surface area is 174 Å². The van der Waals surface area contributed by atoms with Crippen LogP contribution in [-0.2, 0) is 27.2 Å². The number of nitrogens with zero attached hydrogens (tertiary/aromatic N) is 2. The molecule has 1 aromatic carbocycles.